The predicted molar refractivity (Wildman–Crippen MR) is 33.0 cm³/mol. The lowest BCUT2D eigenvalue weighted by atomic mass is 10.6. The van der Waals surface area contributed by atoms with Crippen LogP contribution in [0.5, 0.6) is 0 Å². The monoisotopic (exact) mass is 119 g/mol. The molecule has 3 heteroatoms. The molecule has 0 saturated carbocycles. The van der Waals surface area contributed by atoms with Crippen LogP contribution in [0.15, 0.2) is 30.7 Å². The Morgan fingerprint density at radius 3 is 3.22 bits per heavy atom. The van der Waals surface area contributed by atoms with E-state index in [1.54, 1.807) is 16.9 Å². The summed E-state index contributed by atoms with van der Waals surface area (Å²) in [7, 11) is 0. The zero-order valence-corrected chi connectivity index (χ0v) is 4.73. The maximum atomic E-state index is 4.04. The third kappa shape index (κ3) is 0.579. The lowest BCUT2D eigenvalue weighted by molar-refractivity contribution is 0.911. The van der Waals surface area contributed by atoms with Crippen LogP contribution >= 0.6 is 0 Å². The Labute approximate surface area is 52.0 Å². The third-order valence-electron chi connectivity index (χ3n) is 1.17. The van der Waals surface area contributed by atoms with Crippen LogP contribution in [0.25, 0.3) is 5.65 Å². The van der Waals surface area contributed by atoms with E-state index in [-0.39, 0.29) is 0 Å². The van der Waals surface area contributed by atoms with Gasteiger partial charge in [0, 0.05) is 12.4 Å². The molecule has 0 aromatic carbocycles. The average Bonchev–Trinajstić information content (AvgIpc) is 2.33. The molecule has 2 aromatic rings. The molecule has 0 bridgehead atoms. The second-order valence-electron chi connectivity index (χ2n) is 1.75. The van der Waals surface area contributed by atoms with E-state index in [2.05, 4.69) is 10.1 Å². The van der Waals surface area contributed by atoms with Crippen molar-refractivity contribution in [3.8, 4) is 0 Å². The first-order chi connectivity index (χ1) is 4.47. The summed E-state index contributed by atoms with van der Waals surface area (Å²) < 4.78 is 1.72. The molecular weight excluding hydrogens is 114 g/mol. The van der Waals surface area contributed by atoms with Gasteiger partial charge in [0.2, 0.25) is 0 Å². The van der Waals surface area contributed by atoms with Crippen LogP contribution in [-0.4, -0.2) is 14.6 Å². The summed E-state index contributed by atoms with van der Waals surface area (Å²) in [6.45, 7) is 0. The number of fused-ring (bicyclic) bond motifs is 1. The van der Waals surface area contributed by atoms with Crippen LogP contribution in [0.3, 0.4) is 0 Å². The first-order valence-corrected chi connectivity index (χ1v) is 2.71. The number of rotatable bonds is 0. The highest BCUT2D eigenvalue weighted by molar-refractivity contribution is 5.35. The van der Waals surface area contributed by atoms with E-state index < -0.39 is 0 Å². The molecule has 0 aliphatic heterocycles. The highest BCUT2D eigenvalue weighted by atomic mass is 15.2. The Morgan fingerprint density at radius 2 is 2.33 bits per heavy atom. The van der Waals surface area contributed by atoms with Crippen LogP contribution in [0.4, 0.5) is 0 Å². The molecule has 0 unspecified atom stereocenters. The van der Waals surface area contributed by atoms with Gasteiger partial charge < -0.3 is 0 Å². The van der Waals surface area contributed by atoms with Gasteiger partial charge in [-0.05, 0) is 12.1 Å². The molecule has 0 amide bonds. The smallest absolute Gasteiger partial charge is 0.153 e. The molecule has 0 saturated heterocycles. The Balaban J connectivity index is 2.95. The van der Waals surface area contributed by atoms with E-state index in [4.69, 9.17) is 0 Å². The molecule has 0 radical (unpaired) electrons. The van der Waals surface area contributed by atoms with Gasteiger partial charge in [-0.3, -0.25) is 0 Å². The van der Waals surface area contributed by atoms with Crippen molar-refractivity contribution in [2.45, 2.75) is 0 Å². The quantitative estimate of drug-likeness (QED) is 0.511. The molecule has 2 aromatic heterocycles. The van der Waals surface area contributed by atoms with Crippen molar-refractivity contribution >= 4 is 5.65 Å². The van der Waals surface area contributed by atoms with Crippen LogP contribution < -0.4 is 0 Å². The first kappa shape index (κ1) is 4.49. The van der Waals surface area contributed by atoms with E-state index in [0.29, 0.717) is 0 Å². The molecule has 2 heterocycles. The van der Waals surface area contributed by atoms with Crippen molar-refractivity contribution in [2.75, 3.05) is 0 Å². The second-order valence-corrected chi connectivity index (χ2v) is 1.75. The van der Waals surface area contributed by atoms with Crippen molar-refractivity contribution in [3.63, 3.8) is 0 Å². The van der Waals surface area contributed by atoms with Gasteiger partial charge >= 0.3 is 0 Å². The van der Waals surface area contributed by atoms with Gasteiger partial charge in [-0.25, -0.2) is 9.50 Å². The zero-order valence-electron chi connectivity index (χ0n) is 4.73. The molecule has 0 fully saturated rings. The van der Waals surface area contributed by atoms with Crippen LogP contribution in [0, 0.1) is 0 Å². The highest BCUT2D eigenvalue weighted by Crippen LogP contribution is 1.94. The van der Waals surface area contributed by atoms with E-state index in [1.807, 2.05) is 18.3 Å². The maximum absolute atomic E-state index is 4.04. The standard InChI is InChI=1S/C6H5N3/c1-2-6-7-3-4-8-9(6)5-1/h1-5H. The van der Waals surface area contributed by atoms with Gasteiger partial charge in [0.05, 0.1) is 6.20 Å². The molecule has 0 spiro atoms. The minimum atomic E-state index is 0.887. The van der Waals surface area contributed by atoms with Crippen molar-refractivity contribution in [1.82, 2.24) is 14.6 Å². The average molecular weight is 119 g/mol. The first-order valence-electron chi connectivity index (χ1n) is 2.71. The maximum Gasteiger partial charge on any atom is 0.153 e. The topological polar surface area (TPSA) is 30.2 Å². The van der Waals surface area contributed by atoms with Crippen molar-refractivity contribution in [3.05, 3.63) is 30.7 Å². The molecule has 9 heavy (non-hydrogen) atoms. The largest absolute Gasteiger partial charge is 0.235 e. The van der Waals surface area contributed by atoms with Gasteiger partial charge in [0.15, 0.2) is 5.65 Å². The van der Waals surface area contributed by atoms with Crippen molar-refractivity contribution < 1.29 is 0 Å². The predicted octanol–water partition coefficient (Wildman–Crippen LogP) is 0.729. The Kier molecular flexibility index (Phi) is 0.773. The van der Waals surface area contributed by atoms with E-state index >= 15 is 0 Å². The number of hydrogen-bond donors (Lipinski definition) is 0. The summed E-state index contributed by atoms with van der Waals surface area (Å²) in [4.78, 5) is 4.04. The van der Waals surface area contributed by atoms with Gasteiger partial charge in [-0.15, -0.1) is 0 Å². The SMILES string of the molecule is c1cc2nccnn2c1. The molecule has 2 rings (SSSR count). The summed E-state index contributed by atoms with van der Waals surface area (Å²) in [5, 5.41) is 4.00. The molecule has 3 nitrogen and oxygen atoms in total. The minimum Gasteiger partial charge on any atom is -0.235 e. The molecule has 0 aliphatic rings. The molecule has 0 aliphatic carbocycles. The van der Waals surface area contributed by atoms with Crippen molar-refractivity contribution in [1.29, 1.82) is 0 Å². The van der Waals surface area contributed by atoms with Crippen molar-refractivity contribution in [2.24, 2.45) is 0 Å². The summed E-state index contributed by atoms with van der Waals surface area (Å²) >= 11 is 0. The number of nitrogens with zero attached hydrogens (tertiary/aromatic N) is 3. The van der Waals surface area contributed by atoms with Gasteiger partial charge in [-0.1, -0.05) is 0 Å². The van der Waals surface area contributed by atoms with Gasteiger partial charge in [-0.2, -0.15) is 5.10 Å². The van der Waals surface area contributed by atoms with Gasteiger partial charge in [0.1, 0.15) is 0 Å². The fraction of sp³-hybridized carbons (Fsp3) is 0. The lowest BCUT2D eigenvalue weighted by Crippen LogP contribution is -1.88. The molecular formula is C6H5N3. The van der Waals surface area contributed by atoms with Gasteiger partial charge in [0.25, 0.3) is 0 Å². The fourth-order valence-electron chi connectivity index (χ4n) is 0.775. The lowest BCUT2D eigenvalue weighted by Gasteiger charge is -1.86. The molecule has 44 valence electrons. The molecule has 0 N–H and O–H groups in total. The normalized spacial score (nSPS) is 10.2. The Hall–Kier alpha value is -1.38. The van der Waals surface area contributed by atoms with Crippen LogP contribution in [0.2, 0.25) is 0 Å². The minimum absolute atomic E-state index is 0.887. The third-order valence-corrected chi connectivity index (χ3v) is 1.17. The number of hydrogen-bond acceptors (Lipinski definition) is 2. The summed E-state index contributed by atoms with van der Waals surface area (Å²) in [6, 6.07) is 3.82. The van der Waals surface area contributed by atoms with Crippen LogP contribution in [0.1, 0.15) is 0 Å². The van der Waals surface area contributed by atoms with E-state index in [9.17, 15) is 0 Å². The van der Waals surface area contributed by atoms with E-state index in [1.165, 1.54) is 0 Å². The van der Waals surface area contributed by atoms with E-state index in [0.717, 1.165) is 5.65 Å². The number of aromatic nitrogens is 3. The Morgan fingerprint density at radius 1 is 1.33 bits per heavy atom. The summed E-state index contributed by atoms with van der Waals surface area (Å²) in [5.41, 5.74) is 0.887. The highest BCUT2D eigenvalue weighted by Gasteiger charge is 1.86. The zero-order chi connectivity index (χ0) is 6.10. The Bertz CT molecular complexity index is 282. The summed E-state index contributed by atoms with van der Waals surface area (Å²) in [6.07, 6.45) is 5.20. The summed E-state index contributed by atoms with van der Waals surface area (Å²) in [5.74, 6) is 0. The van der Waals surface area contributed by atoms with Crippen LogP contribution in [-0.2, 0) is 0 Å². The molecule has 0 atom stereocenters. The second kappa shape index (κ2) is 1.55. The fourth-order valence-corrected chi connectivity index (χ4v) is 0.775.